The number of carbonyl (C=O) groups is 2. The fourth-order valence-corrected chi connectivity index (χ4v) is 4.35. The average Bonchev–Trinajstić information content (AvgIpc) is 2.72. The second kappa shape index (κ2) is 9.57. The van der Waals surface area contributed by atoms with Crippen LogP contribution in [0.25, 0.3) is 0 Å². The second-order valence-electron chi connectivity index (χ2n) is 8.21. The van der Waals surface area contributed by atoms with Gasteiger partial charge >= 0.3 is 0 Å². The van der Waals surface area contributed by atoms with E-state index in [1.54, 1.807) is 4.90 Å². The highest BCUT2D eigenvalue weighted by molar-refractivity contribution is 5.82. The van der Waals surface area contributed by atoms with Gasteiger partial charge in [0.25, 0.3) is 5.91 Å². The number of benzene rings is 1. The Kier molecular flexibility index (Phi) is 7.11. The molecule has 2 fully saturated rings. The summed E-state index contributed by atoms with van der Waals surface area (Å²) in [6, 6.07) is 6.04. The predicted octanol–water partition coefficient (Wildman–Crippen LogP) is 2.53. The smallest absolute Gasteiger partial charge is 0.260 e. The van der Waals surface area contributed by atoms with Crippen LogP contribution in [0.1, 0.15) is 40.0 Å². The predicted molar refractivity (Wildman–Crippen MR) is 109 cm³/mol. The normalized spacial score (nSPS) is 24.3. The average molecular weight is 406 g/mol. The minimum Gasteiger partial charge on any atom is -0.484 e. The van der Waals surface area contributed by atoms with Crippen LogP contribution in [-0.4, -0.2) is 77.4 Å². The first-order chi connectivity index (χ1) is 13.9. The molecule has 0 spiro atoms. The van der Waals surface area contributed by atoms with Crippen molar-refractivity contribution in [1.29, 1.82) is 0 Å². The molecule has 1 aromatic carbocycles. The quantitative estimate of drug-likeness (QED) is 0.756. The number of ether oxygens (including phenoxy) is 1. The number of carbonyl (C=O) groups excluding carboxylic acids is 2. The molecule has 0 aliphatic carbocycles. The number of nitrogens with zero attached hydrogens (tertiary/aromatic N) is 3. The van der Waals surface area contributed by atoms with Crippen LogP contribution in [0.2, 0.25) is 0 Å². The van der Waals surface area contributed by atoms with Gasteiger partial charge in [-0.25, -0.2) is 4.39 Å². The number of piperazine rings is 1. The van der Waals surface area contributed by atoms with Gasteiger partial charge in [-0.15, -0.1) is 0 Å². The third-order valence-electron chi connectivity index (χ3n) is 6.20. The first-order valence-corrected chi connectivity index (χ1v) is 10.6. The maximum absolute atomic E-state index is 13.1. The topological polar surface area (TPSA) is 53.1 Å². The van der Waals surface area contributed by atoms with Crippen LogP contribution in [0.5, 0.6) is 5.75 Å². The molecule has 0 aromatic heterocycles. The maximum atomic E-state index is 13.1. The summed E-state index contributed by atoms with van der Waals surface area (Å²) in [4.78, 5) is 31.5. The highest BCUT2D eigenvalue weighted by atomic mass is 19.1. The third kappa shape index (κ3) is 5.26. The van der Waals surface area contributed by atoms with E-state index in [2.05, 4.69) is 23.6 Å². The van der Waals surface area contributed by atoms with Crippen LogP contribution in [0.3, 0.4) is 0 Å². The van der Waals surface area contributed by atoms with E-state index in [4.69, 9.17) is 4.74 Å². The lowest BCUT2D eigenvalue weighted by Crippen LogP contribution is -2.58. The molecule has 2 saturated heterocycles. The van der Waals surface area contributed by atoms with Crippen molar-refractivity contribution in [2.24, 2.45) is 0 Å². The Bertz CT molecular complexity index is 694. The van der Waals surface area contributed by atoms with E-state index in [1.807, 2.05) is 6.92 Å². The van der Waals surface area contributed by atoms with Gasteiger partial charge in [-0.3, -0.25) is 14.5 Å². The lowest BCUT2D eigenvalue weighted by Gasteiger charge is -2.44. The van der Waals surface area contributed by atoms with Gasteiger partial charge < -0.3 is 14.5 Å². The molecule has 2 aliphatic rings. The van der Waals surface area contributed by atoms with Crippen LogP contribution in [0, 0.1) is 5.82 Å². The Balaban J connectivity index is 1.47. The summed E-state index contributed by atoms with van der Waals surface area (Å²) in [7, 11) is 0. The number of piperidine rings is 1. The van der Waals surface area contributed by atoms with E-state index in [-0.39, 0.29) is 30.3 Å². The van der Waals surface area contributed by atoms with Crippen LogP contribution in [0.15, 0.2) is 24.3 Å². The van der Waals surface area contributed by atoms with Crippen molar-refractivity contribution < 1.29 is 18.7 Å². The van der Waals surface area contributed by atoms with Gasteiger partial charge in [-0.1, -0.05) is 0 Å². The lowest BCUT2D eigenvalue weighted by molar-refractivity contribution is -0.144. The molecule has 7 heteroatoms. The van der Waals surface area contributed by atoms with Crippen molar-refractivity contribution in [3.63, 3.8) is 0 Å². The molecule has 0 radical (unpaired) electrons. The molecule has 2 aliphatic heterocycles. The van der Waals surface area contributed by atoms with Crippen molar-refractivity contribution in [3.8, 4) is 5.75 Å². The molecule has 160 valence electrons. The van der Waals surface area contributed by atoms with E-state index < -0.39 is 0 Å². The number of halogens is 1. The molecule has 29 heavy (non-hydrogen) atoms. The van der Waals surface area contributed by atoms with E-state index in [9.17, 15) is 14.0 Å². The number of likely N-dealkylation sites (tertiary alicyclic amines) is 1. The Morgan fingerprint density at radius 2 is 1.66 bits per heavy atom. The molecular weight excluding hydrogens is 373 g/mol. The summed E-state index contributed by atoms with van der Waals surface area (Å²) in [5.41, 5.74) is 0. The van der Waals surface area contributed by atoms with Gasteiger partial charge in [-0.2, -0.15) is 0 Å². The van der Waals surface area contributed by atoms with Gasteiger partial charge in [0, 0.05) is 38.3 Å². The lowest BCUT2D eigenvalue weighted by atomic mass is 9.96. The number of amides is 2. The molecule has 0 N–H and O–H groups in total. The molecule has 3 unspecified atom stereocenters. The Morgan fingerprint density at radius 1 is 1.07 bits per heavy atom. The monoisotopic (exact) mass is 405 g/mol. The van der Waals surface area contributed by atoms with Crippen molar-refractivity contribution in [2.45, 2.75) is 58.2 Å². The van der Waals surface area contributed by atoms with Crippen molar-refractivity contribution >= 4 is 11.8 Å². The standard InChI is InChI=1S/C22H32FN3O3/c1-16-5-4-6-17(2)26(16)22(28)18(3)24-11-13-25(14-12-24)21(27)15-29-20-9-7-19(23)8-10-20/h7-10,16-18H,4-6,11-15H2,1-3H3. The fourth-order valence-electron chi connectivity index (χ4n) is 4.35. The van der Waals surface area contributed by atoms with E-state index >= 15 is 0 Å². The van der Waals surface area contributed by atoms with Gasteiger partial charge in [0.15, 0.2) is 6.61 Å². The first-order valence-electron chi connectivity index (χ1n) is 10.6. The summed E-state index contributed by atoms with van der Waals surface area (Å²) in [6.07, 6.45) is 3.32. The fraction of sp³-hybridized carbons (Fsp3) is 0.636. The summed E-state index contributed by atoms with van der Waals surface area (Å²) >= 11 is 0. The molecular formula is C22H32FN3O3. The zero-order valence-corrected chi connectivity index (χ0v) is 17.6. The molecule has 1 aromatic rings. The molecule has 2 amide bonds. The largest absolute Gasteiger partial charge is 0.484 e. The minimum atomic E-state index is -0.336. The summed E-state index contributed by atoms with van der Waals surface area (Å²) in [5.74, 6) is 0.245. The van der Waals surface area contributed by atoms with Gasteiger partial charge in [-0.05, 0) is 64.3 Å². The summed E-state index contributed by atoms with van der Waals surface area (Å²) < 4.78 is 18.4. The van der Waals surface area contributed by atoms with E-state index in [0.29, 0.717) is 44.0 Å². The zero-order valence-electron chi connectivity index (χ0n) is 17.6. The highest BCUT2D eigenvalue weighted by Crippen LogP contribution is 2.24. The molecule has 3 atom stereocenters. The van der Waals surface area contributed by atoms with Crippen molar-refractivity contribution in [2.75, 3.05) is 32.8 Å². The molecule has 3 rings (SSSR count). The Hall–Kier alpha value is -2.15. The SMILES string of the molecule is CC(C(=O)N1C(C)CCCC1C)N1CCN(C(=O)COc2ccc(F)cc2)CC1. The zero-order chi connectivity index (χ0) is 21.0. The molecule has 0 bridgehead atoms. The van der Waals surface area contributed by atoms with Gasteiger partial charge in [0.05, 0.1) is 6.04 Å². The summed E-state index contributed by atoms with van der Waals surface area (Å²) in [5, 5.41) is 0. The van der Waals surface area contributed by atoms with Crippen molar-refractivity contribution in [1.82, 2.24) is 14.7 Å². The second-order valence-corrected chi connectivity index (χ2v) is 8.21. The Labute approximate surface area is 172 Å². The number of rotatable bonds is 5. The molecule has 2 heterocycles. The van der Waals surface area contributed by atoms with Gasteiger partial charge in [0.1, 0.15) is 11.6 Å². The number of hydrogen-bond donors (Lipinski definition) is 0. The number of hydrogen-bond acceptors (Lipinski definition) is 4. The van der Waals surface area contributed by atoms with E-state index in [1.165, 1.54) is 30.7 Å². The van der Waals surface area contributed by atoms with E-state index in [0.717, 1.165) is 12.8 Å². The van der Waals surface area contributed by atoms with Crippen LogP contribution >= 0.6 is 0 Å². The minimum absolute atomic E-state index is 0.0665. The van der Waals surface area contributed by atoms with Crippen LogP contribution in [-0.2, 0) is 9.59 Å². The highest BCUT2D eigenvalue weighted by Gasteiger charge is 2.35. The molecule has 0 saturated carbocycles. The molecule has 6 nitrogen and oxygen atoms in total. The Morgan fingerprint density at radius 3 is 2.24 bits per heavy atom. The van der Waals surface area contributed by atoms with Gasteiger partial charge in [0.2, 0.25) is 5.91 Å². The van der Waals surface area contributed by atoms with Crippen LogP contribution in [0.4, 0.5) is 4.39 Å². The van der Waals surface area contributed by atoms with Crippen LogP contribution < -0.4 is 4.74 Å². The maximum Gasteiger partial charge on any atom is 0.260 e. The summed E-state index contributed by atoms with van der Waals surface area (Å²) in [6.45, 7) is 8.69. The first kappa shape index (κ1) is 21.6. The van der Waals surface area contributed by atoms with Crippen molar-refractivity contribution in [3.05, 3.63) is 30.1 Å². The third-order valence-corrected chi connectivity index (χ3v) is 6.20.